The highest BCUT2D eigenvalue weighted by Gasteiger charge is 2.41. The van der Waals surface area contributed by atoms with Gasteiger partial charge in [0.05, 0.1) is 23.6 Å². The number of hydrogen-bond donors (Lipinski definition) is 2. The van der Waals surface area contributed by atoms with Crippen LogP contribution in [0.5, 0.6) is 0 Å². The molecule has 0 aromatic carbocycles. The number of aromatic nitrogens is 1. The molecule has 2 rings (SSSR count). The minimum Gasteiger partial charge on any atom is -0.465 e. The fourth-order valence-electron chi connectivity index (χ4n) is 2.98. The Hall–Kier alpha value is -2.05. The number of alkyl halides is 1. The lowest BCUT2D eigenvalue weighted by Gasteiger charge is -2.46. The maximum atomic E-state index is 14.4. The summed E-state index contributed by atoms with van der Waals surface area (Å²) in [7, 11) is 0. The highest BCUT2D eigenvalue weighted by molar-refractivity contribution is 5.68. The molecular formula is C15H23FN4O2. The number of pyridine rings is 1. The lowest BCUT2D eigenvalue weighted by molar-refractivity contribution is 0.0315. The molecule has 1 saturated heterocycles. The summed E-state index contributed by atoms with van der Waals surface area (Å²) in [5.74, 6) is 0. The normalized spacial score (nSPS) is 22.5. The van der Waals surface area contributed by atoms with Gasteiger partial charge < -0.3 is 15.7 Å². The van der Waals surface area contributed by atoms with Crippen molar-refractivity contribution in [1.82, 2.24) is 9.88 Å². The number of halogens is 1. The molecule has 3 N–H and O–H groups in total. The average Bonchev–Trinajstić information content (AvgIpc) is 2.40. The van der Waals surface area contributed by atoms with Crippen molar-refractivity contribution in [1.29, 1.82) is 0 Å². The van der Waals surface area contributed by atoms with Crippen molar-refractivity contribution in [3.63, 3.8) is 0 Å². The van der Waals surface area contributed by atoms with Crippen molar-refractivity contribution in [2.24, 2.45) is 0 Å². The molecule has 2 atom stereocenters. The number of hydrogen-bond acceptors (Lipinski definition) is 4. The molecule has 1 aliphatic rings. The fraction of sp³-hybridized carbons (Fsp3) is 0.600. The lowest BCUT2D eigenvalue weighted by atomic mass is 9.96. The van der Waals surface area contributed by atoms with Gasteiger partial charge in [0.2, 0.25) is 0 Å². The van der Waals surface area contributed by atoms with E-state index in [2.05, 4.69) is 4.98 Å². The number of carbonyl (C=O) groups is 1. The summed E-state index contributed by atoms with van der Waals surface area (Å²) in [4.78, 5) is 18.7. The lowest BCUT2D eigenvalue weighted by Crippen LogP contribution is -2.61. The molecule has 2 heterocycles. The van der Waals surface area contributed by atoms with Crippen molar-refractivity contribution < 1.29 is 14.3 Å². The Morgan fingerprint density at radius 2 is 2.23 bits per heavy atom. The van der Waals surface area contributed by atoms with E-state index >= 15 is 0 Å². The number of rotatable bonds is 2. The number of nitrogen functional groups attached to an aromatic ring is 1. The molecule has 0 radical (unpaired) electrons. The molecule has 0 unspecified atom stereocenters. The zero-order valence-electron chi connectivity index (χ0n) is 13.2. The number of amides is 1. The molecule has 6 nitrogen and oxygen atoms in total. The van der Waals surface area contributed by atoms with E-state index in [0.717, 1.165) is 5.69 Å². The molecule has 1 aromatic heterocycles. The topological polar surface area (TPSA) is 82.7 Å². The molecule has 0 aliphatic carbocycles. The first-order valence-electron chi connectivity index (χ1n) is 7.32. The second kappa shape index (κ2) is 5.98. The Kier molecular flexibility index (Phi) is 4.44. The minimum atomic E-state index is -1.19. The van der Waals surface area contributed by atoms with Crippen molar-refractivity contribution in [2.75, 3.05) is 23.7 Å². The van der Waals surface area contributed by atoms with E-state index in [1.807, 2.05) is 4.90 Å². The van der Waals surface area contributed by atoms with Gasteiger partial charge in [-0.2, -0.15) is 0 Å². The molecule has 0 bridgehead atoms. The first-order valence-corrected chi connectivity index (χ1v) is 7.32. The smallest absolute Gasteiger partial charge is 0.408 e. The van der Waals surface area contributed by atoms with Crippen molar-refractivity contribution in [3.05, 3.63) is 18.5 Å². The number of piperidine rings is 1. The number of anilines is 2. The molecule has 1 aromatic rings. The van der Waals surface area contributed by atoms with Crippen LogP contribution < -0.4 is 10.6 Å². The van der Waals surface area contributed by atoms with Crippen molar-refractivity contribution in [3.8, 4) is 0 Å². The maximum absolute atomic E-state index is 14.4. The molecule has 1 aliphatic heterocycles. The molecular weight excluding hydrogens is 287 g/mol. The van der Waals surface area contributed by atoms with E-state index in [-0.39, 0.29) is 13.0 Å². The Labute approximate surface area is 129 Å². The quantitative estimate of drug-likeness (QED) is 0.876. The zero-order valence-corrected chi connectivity index (χ0v) is 13.2. The number of nitrogens with zero attached hydrogens (tertiary/aromatic N) is 3. The molecule has 1 fully saturated rings. The predicted molar refractivity (Wildman–Crippen MR) is 83.8 cm³/mol. The standard InChI is InChI=1S/C15H23FN4O2/c1-15(2,3)20(14(21)22)13-9-19(7-5-10(13)16)12-4-6-18-8-11(12)17/h4,6,8,10,13H,5,7,9,17H2,1-3H3,(H,21,22)/t10-,13-/m1/s1. The van der Waals surface area contributed by atoms with Crippen LogP contribution in [0.3, 0.4) is 0 Å². The fourth-order valence-corrected chi connectivity index (χ4v) is 2.98. The molecule has 7 heteroatoms. The average molecular weight is 310 g/mol. The van der Waals surface area contributed by atoms with Gasteiger partial charge in [-0.05, 0) is 33.3 Å². The monoisotopic (exact) mass is 310 g/mol. The summed E-state index contributed by atoms with van der Waals surface area (Å²) in [5, 5.41) is 9.50. The third-order valence-corrected chi connectivity index (χ3v) is 3.93. The van der Waals surface area contributed by atoms with Crippen LogP contribution in [0.4, 0.5) is 20.6 Å². The Morgan fingerprint density at radius 1 is 1.55 bits per heavy atom. The van der Waals surface area contributed by atoms with E-state index in [4.69, 9.17) is 5.73 Å². The van der Waals surface area contributed by atoms with Crippen LogP contribution in [0.2, 0.25) is 0 Å². The van der Waals surface area contributed by atoms with Gasteiger partial charge in [-0.3, -0.25) is 9.88 Å². The number of carboxylic acid groups (broad SMARTS) is 1. The van der Waals surface area contributed by atoms with Crippen LogP contribution in [0.15, 0.2) is 18.5 Å². The molecule has 1 amide bonds. The molecule has 0 saturated carbocycles. The van der Waals surface area contributed by atoms with E-state index in [1.54, 1.807) is 39.2 Å². The highest BCUT2D eigenvalue weighted by atomic mass is 19.1. The molecule has 122 valence electrons. The van der Waals surface area contributed by atoms with E-state index in [1.165, 1.54) is 4.90 Å². The van der Waals surface area contributed by atoms with Gasteiger partial charge in [-0.15, -0.1) is 0 Å². The first kappa shape index (κ1) is 16.3. The second-order valence-electron chi connectivity index (χ2n) is 6.58. The van der Waals surface area contributed by atoms with Crippen molar-refractivity contribution >= 4 is 17.5 Å². The highest BCUT2D eigenvalue weighted by Crippen LogP contribution is 2.30. The SMILES string of the molecule is CC(C)(C)N(C(=O)O)[C@@H]1CN(c2ccncc2N)CC[C@H]1F. The van der Waals surface area contributed by atoms with E-state index < -0.39 is 23.8 Å². The predicted octanol–water partition coefficient (Wildman–Crippen LogP) is 2.36. The third kappa shape index (κ3) is 3.23. The Morgan fingerprint density at radius 3 is 2.77 bits per heavy atom. The summed E-state index contributed by atoms with van der Waals surface area (Å²) >= 11 is 0. The van der Waals surface area contributed by atoms with Gasteiger partial charge in [-0.1, -0.05) is 0 Å². The van der Waals surface area contributed by atoms with E-state index in [9.17, 15) is 14.3 Å². The Bertz CT molecular complexity index is 547. The van der Waals surface area contributed by atoms with Gasteiger partial charge in [0.25, 0.3) is 0 Å². The second-order valence-corrected chi connectivity index (χ2v) is 6.58. The third-order valence-electron chi connectivity index (χ3n) is 3.93. The molecule has 0 spiro atoms. The van der Waals surface area contributed by atoms with Gasteiger partial charge in [0, 0.05) is 24.8 Å². The Balaban J connectivity index is 2.28. The summed E-state index contributed by atoms with van der Waals surface area (Å²) in [6.07, 6.45) is 1.15. The van der Waals surface area contributed by atoms with Crippen molar-refractivity contribution in [2.45, 2.75) is 44.9 Å². The van der Waals surface area contributed by atoms with Crippen LogP contribution in [-0.2, 0) is 0 Å². The first-order chi connectivity index (χ1) is 10.2. The molecule has 22 heavy (non-hydrogen) atoms. The van der Waals surface area contributed by atoms with E-state index in [0.29, 0.717) is 12.2 Å². The maximum Gasteiger partial charge on any atom is 0.408 e. The summed E-state index contributed by atoms with van der Waals surface area (Å²) in [5.41, 5.74) is 6.53. The summed E-state index contributed by atoms with van der Waals surface area (Å²) in [6.45, 7) is 6.09. The van der Waals surface area contributed by atoms with Gasteiger partial charge in [0.15, 0.2) is 0 Å². The van der Waals surface area contributed by atoms with Gasteiger partial charge in [-0.25, -0.2) is 9.18 Å². The zero-order chi connectivity index (χ0) is 16.5. The van der Waals surface area contributed by atoms with Crippen LogP contribution >= 0.6 is 0 Å². The van der Waals surface area contributed by atoms with Gasteiger partial charge in [0.1, 0.15) is 6.17 Å². The number of nitrogens with two attached hydrogens (primary N) is 1. The van der Waals surface area contributed by atoms with Crippen LogP contribution in [0, 0.1) is 0 Å². The summed E-state index contributed by atoms with van der Waals surface area (Å²) < 4.78 is 14.4. The summed E-state index contributed by atoms with van der Waals surface area (Å²) in [6, 6.07) is 1.05. The largest absolute Gasteiger partial charge is 0.465 e. The van der Waals surface area contributed by atoms with Crippen LogP contribution in [0.1, 0.15) is 27.2 Å². The van der Waals surface area contributed by atoms with Crippen LogP contribution in [-0.4, -0.2) is 51.9 Å². The minimum absolute atomic E-state index is 0.270. The van der Waals surface area contributed by atoms with Crippen LogP contribution in [0.25, 0.3) is 0 Å². The van der Waals surface area contributed by atoms with Gasteiger partial charge >= 0.3 is 6.09 Å².